The number of carbonyl (C=O) groups is 4. The Bertz CT molecular complexity index is 1800. The molecule has 206 valence electrons. The summed E-state index contributed by atoms with van der Waals surface area (Å²) in [5.74, 6) is -1.58. The molecule has 1 atom stereocenters. The molecule has 2 aliphatic carbocycles. The number of imide groups is 1. The maximum atomic E-state index is 13.9. The molecule has 0 saturated carbocycles. The van der Waals surface area contributed by atoms with E-state index in [1.807, 2.05) is 86.6 Å². The minimum Gasteiger partial charge on any atom is -0.288 e. The summed E-state index contributed by atoms with van der Waals surface area (Å²) in [7, 11) is 0. The van der Waals surface area contributed by atoms with Crippen molar-refractivity contribution in [2.45, 2.75) is 68.2 Å². The number of nitrogens with zero attached hydrogens (tertiary/aromatic N) is 1. The number of fused-ring (bicyclic) bond motifs is 3. The van der Waals surface area contributed by atoms with Crippen LogP contribution in [0.25, 0.3) is 6.08 Å². The van der Waals surface area contributed by atoms with E-state index in [0.29, 0.717) is 33.5 Å². The highest BCUT2D eigenvalue weighted by Gasteiger charge is 2.44. The Balaban J connectivity index is 1.53. The first-order valence-electron chi connectivity index (χ1n) is 14.0. The molecule has 0 N–H and O–H groups in total. The van der Waals surface area contributed by atoms with Gasteiger partial charge in [-0.1, -0.05) is 31.2 Å². The topological polar surface area (TPSA) is 71.5 Å². The largest absolute Gasteiger partial charge is 0.288 e. The third kappa shape index (κ3) is 3.29. The smallest absolute Gasteiger partial charge is 0.266 e. The van der Waals surface area contributed by atoms with E-state index < -0.39 is 5.92 Å². The van der Waals surface area contributed by atoms with Crippen LogP contribution in [-0.4, -0.2) is 23.4 Å². The Hall–Kier alpha value is -4.38. The van der Waals surface area contributed by atoms with Crippen molar-refractivity contribution in [3.63, 3.8) is 0 Å². The molecule has 5 nitrogen and oxygen atoms in total. The van der Waals surface area contributed by atoms with Crippen molar-refractivity contribution in [1.29, 1.82) is 0 Å². The zero-order valence-corrected chi connectivity index (χ0v) is 25.0. The van der Waals surface area contributed by atoms with Crippen molar-refractivity contribution < 1.29 is 19.2 Å². The molecule has 0 saturated heterocycles. The van der Waals surface area contributed by atoms with Crippen LogP contribution in [0.4, 0.5) is 5.69 Å². The van der Waals surface area contributed by atoms with Crippen LogP contribution in [0.5, 0.6) is 0 Å². The number of benzene rings is 3. The zero-order chi connectivity index (χ0) is 29.8. The van der Waals surface area contributed by atoms with Crippen LogP contribution in [0.1, 0.15) is 110 Å². The van der Waals surface area contributed by atoms with Crippen LogP contribution in [-0.2, 0) is 0 Å². The third-order valence-electron chi connectivity index (χ3n) is 10.1. The predicted octanol–water partition coefficient (Wildman–Crippen LogP) is 7.46. The number of carbonyl (C=O) groups excluding carboxylic acids is 4. The number of hydrogen-bond acceptors (Lipinski definition) is 4. The minimum atomic E-state index is -0.402. The molecule has 41 heavy (non-hydrogen) atoms. The number of ketones is 2. The molecule has 6 rings (SSSR count). The second kappa shape index (κ2) is 8.81. The summed E-state index contributed by atoms with van der Waals surface area (Å²) in [5.41, 5.74) is 12.2. The lowest BCUT2D eigenvalue weighted by molar-refractivity contribution is 0.0921. The molecule has 2 amide bonds. The monoisotopic (exact) mass is 543 g/mol. The van der Waals surface area contributed by atoms with Gasteiger partial charge in [-0.15, -0.1) is 0 Å². The standard InChI is InChI=1S/C36H33NO4/c1-15-16(2)20(6)29-28(19(15)5)33(38)32(34(29)39)25-14-13-24-11-10-12-26(27(24)23(25)9)37-35(40)30-21(7)17(3)18(4)22(8)31(30)36(37)41/h10-14,23H,1-9H3. The van der Waals surface area contributed by atoms with Gasteiger partial charge in [0.1, 0.15) is 0 Å². The Labute approximate surface area is 240 Å². The molecule has 0 fully saturated rings. The van der Waals surface area contributed by atoms with Crippen LogP contribution in [0.2, 0.25) is 0 Å². The maximum absolute atomic E-state index is 13.9. The van der Waals surface area contributed by atoms with Gasteiger partial charge in [0, 0.05) is 17.0 Å². The highest BCUT2D eigenvalue weighted by molar-refractivity contribution is 6.41. The Morgan fingerprint density at radius 3 is 1.46 bits per heavy atom. The van der Waals surface area contributed by atoms with Crippen molar-refractivity contribution in [1.82, 2.24) is 0 Å². The Morgan fingerprint density at radius 1 is 0.561 bits per heavy atom. The van der Waals surface area contributed by atoms with Crippen LogP contribution >= 0.6 is 0 Å². The first-order valence-corrected chi connectivity index (χ1v) is 14.0. The maximum Gasteiger partial charge on any atom is 0.266 e. The van der Waals surface area contributed by atoms with Crippen LogP contribution in [0, 0.1) is 55.4 Å². The molecule has 5 heteroatoms. The summed E-state index contributed by atoms with van der Waals surface area (Å²) >= 11 is 0. The van der Waals surface area contributed by atoms with Crippen LogP contribution < -0.4 is 4.90 Å². The van der Waals surface area contributed by atoms with Gasteiger partial charge in [0.2, 0.25) is 0 Å². The van der Waals surface area contributed by atoms with Gasteiger partial charge in [0.05, 0.1) is 22.4 Å². The lowest BCUT2D eigenvalue weighted by Crippen LogP contribution is -2.31. The molecule has 1 unspecified atom stereocenters. The van der Waals surface area contributed by atoms with Gasteiger partial charge in [0.25, 0.3) is 11.8 Å². The number of anilines is 1. The fourth-order valence-electron chi connectivity index (χ4n) is 7.04. The van der Waals surface area contributed by atoms with Crippen LogP contribution in [0.15, 0.2) is 35.4 Å². The Morgan fingerprint density at radius 2 is 1.00 bits per heavy atom. The molecular formula is C36H33NO4. The molecule has 0 radical (unpaired) electrons. The number of amides is 2. The Kier molecular flexibility index (Phi) is 5.76. The van der Waals surface area contributed by atoms with Gasteiger partial charge in [-0.05, 0) is 123 Å². The lowest BCUT2D eigenvalue weighted by atomic mass is 9.80. The van der Waals surface area contributed by atoms with Crippen molar-refractivity contribution in [2.75, 3.05) is 4.90 Å². The van der Waals surface area contributed by atoms with E-state index in [1.165, 1.54) is 4.90 Å². The second-order valence-corrected chi connectivity index (χ2v) is 11.8. The first-order chi connectivity index (χ1) is 19.3. The predicted molar refractivity (Wildman–Crippen MR) is 161 cm³/mol. The molecule has 1 heterocycles. The molecule has 1 aliphatic heterocycles. The molecule has 3 aromatic rings. The molecule has 0 spiro atoms. The van der Waals surface area contributed by atoms with E-state index >= 15 is 0 Å². The van der Waals surface area contributed by atoms with Gasteiger partial charge in [0.15, 0.2) is 11.6 Å². The number of hydrogen-bond donors (Lipinski definition) is 0. The van der Waals surface area contributed by atoms with Crippen molar-refractivity contribution in [3.05, 3.63) is 113 Å². The fourth-order valence-corrected chi connectivity index (χ4v) is 7.04. The third-order valence-corrected chi connectivity index (χ3v) is 10.1. The summed E-state index contributed by atoms with van der Waals surface area (Å²) in [6.07, 6.45) is 3.73. The average Bonchev–Trinajstić information content (AvgIpc) is 3.36. The van der Waals surface area contributed by atoms with Gasteiger partial charge >= 0.3 is 0 Å². The summed E-state index contributed by atoms with van der Waals surface area (Å²) in [6.45, 7) is 17.5. The SMILES string of the molecule is Cc1c(C)c(C)c2c(c1C)C(=O)C(=C1C=Cc3cccc(N4C(=O)c5c(C)c(C)c(C)c(C)c5C4=O)c3C1C)C2=O. The van der Waals surface area contributed by atoms with Crippen molar-refractivity contribution in [2.24, 2.45) is 0 Å². The summed E-state index contributed by atoms with van der Waals surface area (Å²) < 4.78 is 0. The highest BCUT2D eigenvalue weighted by atomic mass is 16.2. The molecule has 3 aliphatic rings. The number of allylic oxidation sites excluding steroid dienone is 3. The van der Waals surface area contributed by atoms with Gasteiger partial charge in [-0.25, -0.2) is 4.90 Å². The van der Waals surface area contributed by atoms with Crippen molar-refractivity contribution in [3.8, 4) is 0 Å². The van der Waals surface area contributed by atoms with Gasteiger partial charge < -0.3 is 0 Å². The molecule has 0 bridgehead atoms. The van der Waals surface area contributed by atoms with Crippen molar-refractivity contribution >= 4 is 35.1 Å². The zero-order valence-electron chi connectivity index (χ0n) is 25.0. The normalized spacial score (nSPS) is 17.6. The summed E-state index contributed by atoms with van der Waals surface area (Å²) in [4.78, 5) is 57.0. The minimum absolute atomic E-state index is 0.181. The molecule has 3 aromatic carbocycles. The second-order valence-electron chi connectivity index (χ2n) is 11.8. The van der Waals surface area contributed by atoms with E-state index in [1.54, 1.807) is 6.07 Å². The molecule has 0 aromatic heterocycles. The molecular weight excluding hydrogens is 510 g/mol. The lowest BCUT2D eigenvalue weighted by Gasteiger charge is -2.28. The van der Waals surface area contributed by atoms with E-state index in [-0.39, 0.29) is 29.0 Å². The van der Waals surface area contributed by atoms with E-state index in [9.17, 15) is 19.2 Å². The number of Topliss-reactive ketones (excluding diaryl/α,β-unsaturated/α-hetero) is 2. The van der Waals surface area contributed by atoms with E-state index in [0.717, 1.165) is 55.6 Å². The number of rotatable bonds is 1. The van der Waals surface area contributed by atoms with E-state index in [4.69, 9.17) is 0 Å². The highest BCUT2D eigenvalue weighted by Crippen LogP contribution is 2.46. The van der Waals surface area contributed by atoms with Gasteiger partial charge in [-0.3, -0.25) is 19.2 Å². The average molecular weight is 544 g/mol. The quantitative estimate of drug-likeness (QED) is 0.181. The summed E-state index contributed by atoms with van der Waals surface area (Å²) in [6, 6.07) is 5.56. The van der Waals surface area contributed by atoms with Crippen LogP contribution in [0.3, 0.4) is 0 Å². The van der Waals surface area contributed by atoms with Gasteiger partial charge in [-0.2, -0.15) is 0 Å². The summed E-state index contributed by atoms with van der Waals surface area (Å²) in [5, 5.41) is 0. The van der Waals surface area contributed by atoms with E-state index in [2.05, 4.69) is 0 Å². The first kappa shape index (κ1) is 26.8. The fraction of sp³-hybridized carbons (Fsp3) is 0.278.